The van der Waals surface area contributed by atoms with Crippen molar-refractivity contribution in [1.29, 1.82) is 0 Å². The minimum atomic E-state index is -0.438. The number of morpholine rings is 1. The summed E-state index contributed by atoms with van der Waals surface area (Å²) >= 11 is 0.862. The summed E-state index contributed by atoms with van der Waals surface area (Å²) in [5.41, 5.74) is 2.81. The van der Waals surface area contributed by atoms with Gasteiger partial charge < -0.3 is 19.1 Å². The maximum atomic E-state index is 12.8. The van der Waals surface area contributed by atoms with Crippen molar-refractivity contribution in [1.82, 2.24) is 14.4 Å². The standard InChI is InChI=1S/C22H24N4O4S/c1-23(2)16-5-7-17(8-6-16)25-9-3-4-18(25)14-19-21(28)26(22(29)31-19)15-20(27)24-10-12-30-13-11-24/h3-9,14H,10-13,15H2,1-2H3/b19-14+. The molecule has 0 aliphatic carbocycles. The van der Waals surface area contributed by atoms with Gasteiger partial charge in [0.2, 0.25) is 5.91 Å². The van der Waals surface area contributed by atoms with E-state index < -0.39 is 11.1 Å². The third-order valence-electron chi connectivity index (χ3n) is 5.23. The largest absolute Gasteiger partial charge is 0.378 e. The zero-order valence-electron chi connectivity index (χ0n) is 17.5. The molecule has 162 valence electrons. The Morgan fingerprint density at radius 3 is 2.52 bits per heavy atom. The van der Waals surface area contributed by atoms with Crippen molar-refractivity contribution in [2.75, 3.05) is 51.8 Å². The Balaban J connectivity index is 1.51. The molecule has 0 N–H and O–H groups in total. The molecule has 2 aromatic rings. The van der Waals surface area contributed by atoms with Crippen LogP contribution in [0.2, 0.25) is 0 Å². The molecule has 8 nitrogen and oxygen atoms in total. The van der Waals surface area contributed by atoms with Crippen molar-refractivity contribution in [3.8, 4) is 5.69 Å². The van der Waals surface area contributed by atoms with Crippen LogP contribution in [0, 0.1) is 0 Å². The van der Waals surface area contributed by atoms with Gasteiger partial charge in [-0.25, -0.2) is 0 Å². The molecule has 2 saturated heterocycles. The molecule has 2 aliphatic heterocycles. The molecule has 1 aromatic heterocycles. The number of imide groups is 1. The summed E-state index contributed by atoms with van der Waals surface area (Å²) in [4.78, 5) is 42.7. The maximum Gasteiger partial charge on any atom is 0.294 e. The van der Waals surface area contributed by atoms with Gasteiger partial charge in [-0.3, -0.25) is 19.3 Å². The maximum absolute atomic E-state index is 12.8. The molecule has 31 heavy (non-hydrogen) atoms. The average Bonchev–Trinajstić information content (AvgIpc) is 3.34. The van der Waals surface area contributed by atoms with E-state index in [2.05, 4.69) is 0 Å². The number of rotatable bonds is 5. The SMILES string of the molecule is CN(C)c1ccc(-n2cccc2/C=C2/SC(=O)N(CC(=O)N3CCOCC3)C2=O)cc1. The van der Waals surface area contributed by atoms with Gasteiger partial charge in [-0.1, -0.05) is 0 Å². The van der Waals surface area contributed by atoms with Gasteiger partial charge in [0.15, 0.2) is 0 Å². The Labute approximate surface area is 185 Å². The molecule has 0 bridgehead atoms. The molecule has 2 aliphatic rings. The monoisotopic (exact) mass is 440 g/mol. The van der Waals surface area contributed by atoms with Crippen LogP contribution in [0.3, 0.4) is 0 Å². The van der Waals surface area contributed by atoms with Crippen molar-refractivity contribution < 1.29 is 19.1 Å². The van der Waals surface area contributed by atoms with E-state index in [9.17, 15) is 14.4 Å². The summed E-state index contributed by atoms with van der Waals surface area (Å²) in [7, 11) is 3.96. The fourth-order valence-electron chi connectivity index (χ4n) is 3.48. The van der Waals surface area contributed by atoms with Crippen molar-refractivity contribution in [3.05, 3.63) is 53.2 Å². The van der Waals surface area contributed by atoms with Crippen molar-refractivity contribution in [2.24, 2.45) is 0 Å². The number of nitrogens with zero attached hydrogens (tertiary/aromatic N) is 4. The number of ether oxygens (including phenoxy) is 1. The van der Waals surface area contributed by atoms with Crippen molar-refractivity contribution in [3.63, 3.8) is 0 Å². The van der Waals surface area contributed by atoms with E-state index in [1.54, 1.807) is 11.0 Å². The molecule has 1 aromatic carbocycles. The summed E-state index contributed by atoms with van der Waals surface area (Å²) in [5.74, 6) is -0.677. The van der Waals surface area contributed by atoms with E-state index in [0.29, 0.717) is 31.2 Å². The van der Waals surface area contributed by atoms with Crippen molar-refractivity contribution >= 4 is 40.6 Å². The normalized spacial score (nSPS) is 18.2. The average molecular weight is 441 g/mol. The van der Waals surface area contributed by atoms with E-state index in [4.69, 9.17) is 4.74 Å². The molecule has 3 heterocycles. The summed E-state index contributed by atoms with van der Waals surface area (Å²) in [6, 6.07) is 11.8. The Kier molecular flexibility index (Phi) is 6.15. The van der Waals surface area contributed by atoms with Gasteiger partial charge in [0.1, 0.15) is 6.54 Å². The van der Waals surface area contributed by atoms with Gasteiger partial charge in [0.25, 0.3) is 11.1 Å². The molecular weight excluding hydrogens is 416 g/mol. The molecule has 0 radical (unpaired) electrons. The van der Waals surface area contributed by atoms with Crippen LogP contribution in [0.25, 0.3) is 11.8 Å². The van der Waals surface area contributed by atoms with Gasteiger partial charge >= 0.3 is 0 Å². The predicted molar refractivity (Wildman–Crippen MR) is 120 cm³/mol. The second kappa shape index (κ2) is 8.99. The number of carbonyl (C=O) groups is 3. The third-order valence-corrected chi connectivity index (χ3v) is 6.14. The molecule has 4 rings (SSSR count). The first-order chi connectivity index (χ1) is 14.9. The van der Waals surface area contributed by atoms with Gasteiger partial charge in [0.05, 0.1) is 18.1 Å². The summed E-state index contributed by atoms with van der Waals surface area (Å²) in [6.45, 7) is 1.66. The van der Waals surface area contributed by atoms with Crippen molar-refractivity contribution in [2.45, 2.75) is 0 Å². The Morgan fingerprint density at radius 2 is 1.84 bits per heavy atom. The molecule has 0 atom stereocenters. The van der Waals surface area contributed by atoms with Gasteiger partial charge in [-0.2, -0.15) is 0 Å². The van der Waals surface area contributed by atoms with Gasteiger partial charge in [-0.15, -0.1) is 0 Å². The summed E-state index contributed by atoms with van der Waals surface area (Å²) in [5, 5.41) is -0.425. The second-order valence-corrected chi connectivity index (χ2v) is 8.47. The fourth-order valence-corrected chi connectivity index (χ4v) is 4.30. The molecule has 2 fully saturated rings. The lowest BCUT2D eigenvalue weighted by Crippen LogP contribution is -2.46. The van der Waals surface area contributed by atoms with Crippen LogP contribution in [0.15, 0.2) is 47.5 Å². The number of aromatic nitrogens is 1. The van der Waals surface area contributed by atoms with Crippen LogP contribution in [0.4, 0.5) is 10.5 Å². The number of benzene rings is 1. The Bertz CT molecular complexity index is 1020. The number of hydrogen-bond donors (Lipinski definition) is 0. The van der Waals surface area contributed by atoms with Crippen LogP contribution in [-0.4, -0.2) is 78.4 Å². The minimum absolute atomic E-state index is 0.240. The lowest BCUT2D eigenvalue weighted by atomic mass is 10.2. The summed E-state index contributed by atoms with van der Waals surface area (Å²) in [6.07, 6.45) is 3.60. The van der Waals surface area contributed by atoms with E-state index in [0.717, 1.165) is 33.7 Å². The van der Waals surface area contributed by atoms with Crippen LogP contribution >= 0.6 is 11.8 Å². The first-order valence-electron chi connectivity index (χ1n) is 10.00. The van der Waals surface area contributed by atoms with Gasteiger partial charge in [0, 0.05) is 50.5 Å². The highest BCUT2D eigenvalue weighted by molar-refractivity contribution is 8.18. The molecule has 9 heteroatoms. The number of thioether (sulfide) groups is 1. The summed E-state index contributed by atoms with van der Waals surface area (Å²) < 4.78 is 7.20. The molecule has 3 amide bonds. The Hall–Kier alpha value is -3.04. The van der Waals surface area contributed by atoms with E-state index >= 15 is 0 Å². The van der Waals surface area contributed by atoms with Gasteiger partial charge in [-0.05, 0) is 54.2 Å². The van der Waals surface area contributed by atoms with Crippen LogP contribution in [-0.2, 0) is 14.3 Å². The predicted octanol–water partition coefficient (Wildman–Crippen LogP) is 2.44. The highest BCUT2D eigenvalue weighted by atomic mass is 32.2. The Morgan fingerprint density at radius 1 is 1.13 bits per heavy atom. The number of carbonyl (C=O) groups excluding carboxylic acids is 3. The van der Waals surface area contributed by atoms with E-state index in [-0.39, 0.29) is 12.5 Å². The van der Waals surface area contributed by atoms with Crippen LogP contribution < -0.4 is 4.90 Å². The highest BCUT2D eigenvalue weighted by Gasteiger charge is 2.37. The van der Waals surface area contributed by atoms with Crippen LogP contribution in [0.5, 0.6) is 0 Å². The van der Waals surface area contributed by atoms with E-state index in [1.165, 1.54) is 0 Å². The molecule has 0 unspecified atom stereocenters. The quantitative estimate of drug-likeness (QED) is 0.665. The number of hydrogen-bond acceptors (Lipinski definition) is 6. The molecular formula is C22H24N4O4S. The first kappa shape index (κ1) is 21.2. The second-order valence-electron chi connectivity index (χ2n) is 7.47. The fraction of sp³-hybridized carbons (Fsp3) is 0.318. The molecule has 0 saturated carbocycles. The van der Waals surface area contributed by atoms with E-state index in [1.807, 2.05) is 66.2 Å². The topological polar surface area (TPSA) is 75.1 Å². The lowest BCUT2D eigenvalue weighted by Gasteiger charge is -2.28. The molecule has 0 spiro atoms. The zero-order chi connectivity index (χ0) is 22.0. The number of amides is 3. The lowest BCUT2D eigenvalue weighted by molar-refractivity contribution is -0.139. The zero-order valence-corrected chi connectivity index (χ0v) is 18.3. The number of anilines is 1. The third kappa shape index (κ3) is 4.52. The first-order valence-corrected chi connectivity index (χ1v) is 10.8. The highest BCUT2D eigenvalue weighted by Crippen LogP contribution is 2.32. The smallest absolute Gasteiger partial charge is 0.294 e. The van der Waals surface area contributed by atoms with Crippen LogP contribution in [0.1, 0.15) is 5.69 Å². The minimum Gasteiger partial charge on any atom is -0.378 e.